The Bertz CT molecular complexity index is 378. The average molecular weight is 320 g/mol. The van der Waals surface area contributed by atoms with Gasteiger partial charge in [-0.25, -0.2) is 0 Å². The van der Waals surface area contributed by atoms with E-state index in [2.05, 4.69) is 19.2 Å². The Morgan fingerprint density at radius 3 is 2.33 bits per heavy atom. The maximum absolute atomic E-state index is 12.9. The number of nitrogens with one attached hydrogen (secondary N) is 1. The first-order chi connectivity index (χ1) is 9.89. The molecular formula is C15H33N3O2S. The lowest BCUT2D eigenvalue weighted by Crippen LogP contribution is -2.47. The van der Waals surface area contributed by atoms with E-state index in [9.17, 15) is 8.42 Å². The zero-order valence-corrected chi connectivity index (χ0v) is 15.0. The molecule has 0 aromatic heterocycles. The second-order valence-electron chi connectivity index (χ2n) is 6.52. The van der Waals surface area contributed by atoms with Crippen LogP contribution in [0.15, 0.2) is 0 Å². The van der Waals surface area contributed by atoms with E-state index in [1.807, 2.05) is 7.05 Å². The van der Waals surface area contributed by atoms with Crippen LogP contribution in [-0.2, 0) is 10.2 Å². The zero-order chi connectivity index (χ0) is 15.9. The maximum atomic E-state index is 12.9. The van der Waals surface area contributed by atoms with Crippen molar-refractivity contribution >= 4 is 10.2 Å². The molecule has 126 valence electrons. The van der Waals surface area contributed by atoms with Crippen LogP contribution >= 0.6 is 0 Å². The molecule has 0 heterocycles. The molecular weight excluding hydrogens is 286 g/mol. The van der Waals surface area contributed by atoms with Crippen LogP contribution in [0.1, 0.15) is 52.4 Å². The Kier molecular flexibility index (Phi) is 8.16. The van der Waals surface area contributed by atoms with Gasteiger partial charge in [0, 0.05) is 26.2 Å². The zero-order valence-electron chi connectivity index (χ0n) is 14.1. The first kappa shape index (κ1) is 18.9. The molecule has 1 saturated carbocycles. The lowest BCUT2D eigenvalue weighted by molar-refractivity contribution is 0.280. The number of hydrogen-bond donors (Lipinski definition) is 1. The molecule has 0 amide bonds. The molecule has 0 saturated heterocycles. The first-order valence-electron chi connectivity index (χ1n) is 8.27. The van der Waals surface area contributed by atoms with Crippen molar-refractivity contribution in [1.82, 2.24) is 13.9 Å². The van der Waals surface area contributed by atoms with Gasteiger partial charge in [-0.2, -0.15) is 17.0 Å². The van der Waals surface area contributed by atoms with Crippen LogP contribution in [0.5, 0.6) is 0 Å². The van der Waals surface area contributed by atoms with Crippen LogP contribution in [0.25, 0.3) is 0 Å². The highest BCUT2D eigenvalue weighted by Crippen LogP contribution is 2.27. The van der Waals surface area contributed by atoms with Crippen LogP contribution in [0.3, 0.4) is 0 Å². The highest BCUT2D eigenvalue weighted by molar-refractivity contribution is 7.86. The van der Waals surface area contributed by atoms with Gasteiger partial charge < -0.3 is 5.32 Å². The summed E-state index contributed by atoms with van der Waals surface area (Å²) in [7, 11) is 0.280. The van der Waals surface area contributed by atoms with Gasteiger partial charge in [-0.1, -0.05) is 26.7 Å². The minimum atomic E-state index is -3.32. The Morgan fingerprint density at radius 2 is 1.81 bits per heavy atom. The standard InChI is InChI=1S/C15H33N3O2S/c1-14(2)10-13-18(15-8-5-6-9-15)21(19,20)17(4)12-7-11-16-3/h14-16H,5-13H2,1-4H3. The minimum Gasteiger partial charge on any atom is -0.320 e. The van der Waals surface area contributed by atoms with E-state index in [4.69, 9.17) is 0 Å². The van der Waals surface area contributed by atoms with Crippen LogP contribution < -0.4 is 5.32 Å². The fourth-order valence-electron chi connectivity index (χ4n) is 2.84. The van der Waals surface area contributed by atoms with Crippen molar-refractivity contribution < 1.29 is 8.42 Å². The molecule has 21 heavy (non-hydrogen) atoms. The van der Waals surface area contributed by atoms with Crippen molar-refractivity contribution in [2.75, 3.05) is 33.7 Å². The Morgan fingerprint density at radius 1 is 1.19 bits per heavy atom. The lowest BCUT2D eigenvalue weighted by Gasteiger charge is -2.32. The third kappa shape index (κ3) is 5.85. The van der Waals surface area contributed by atoms with Gasteiger partial charge in [-0.3, -0.25) is 0 Å². The van der Waals surface area contributed by atoms with Gasteiger partial charge >= 0.3 is 0 Å². The molecule has 1 rings (SSSR count). The molecule has 1 aliphatic carbocycles. The Labute approximate surface area is 131 Å². The van der Waals surface area contributed by atoms with Crippen LogP contribution in [0.4, 0.5) is 0 Å². The van der Waals surface area contributed by atoms with Crippen LogP contribution in [-0.4, -0.2) is 56.8 Å². The molecule has 0 atom stereocenters. The van der Waals surface area contributed by atoms with Crippen LogP contribution in [0.2, 0.25) is 0 Å². The smallest absolute Gasteiger partial charge is 0.281 e. The van der Waals surface area contributed by atoms with Gasteiger partial charge in [-0.15, -0.1) is 0 Å². The number of hydrogen-bond acceptors (Lipinski definition) is 3. The molecule has 0 aliphatic heterocycles. The molecule has 0 unspecified atom stereocenters. The van der Waals surface area contributed by atoms with Gasteiger partial charge in [0.15, 0.2) is 0 Å². The fraction of sp³-hybridized carbons (Fsp3) is 1.00. The number of nitrogens with zero attached hydrogens (tertiary/aromatic N) is 2. The lowest BCUT2D eigenvalue weighted by atomic mass is 10.1. The molecule has 1 fully saturated rings. The molecule has 1 N–H and O–H groups in total. The van der Waals surface area contributed by atoms with Gasteiger partial charge in [0.1, 0.15) is 0 Å². The molecule has 0 aromatic carbocycles. The monoisotopic (exact) mass is 319 g/mol. The summed E-state index contributed by atoms with van der Waals surface area (Å²) in [6.07, 6.45) is 6.11. The van der Waals surface area contributed by atoms with Crippen molar-refractivity contribution in [2.24, 2.45) is 5.92 Å². The Hall–Kier alpha value is -0.170. The molecule has 0 spiro atoms. The molecule has 0 radical (unpaired) electrons. The van der Waals surface area contributed by atoms with Crippen molar-refractivity contribution in [1.29, 1.82) is 0 Å². The van der Waals surface area contributed by atoms with E-state index in [1.165, 1.54) is 4.31 Å². The second kappa shape index (κ2) is 9.08. The molecule has 6 heteroatoms. The van der Waals surface area contributed by atoms with Crippen molar-refractivity contribution in [3.8, 4) is 0 Å². The third-order valence-electron chi connectivity index (χ3n) is 4.25. The topological polar surface area (TPSA) is 52.7 Å². The SMILES string of the molecule is CNCCCN(C)S(=O)(=O)N(CCC(C)C)C1CCCC1. The highest BCUT2D eigenvalue weighted by atomic mass is 32.2. The van der Waals surface area contributed by atoms with E-state index in [0.717, 1.165) is 45.1 Å². The van der Waals surface area contributed by atoms with Gasteiger partial charge in [0.25, 0.3) is 10.2 Å². The summed E-state index contributed by atoms with van der Waals surface area (Å²) < 4.78 is 29.0. The molecule has 0 bridgehead atoms. The van der Waals surface area contributed by atoms with Gasteiger partial charge in [0.05, 0.1) is 0 Å². The summed E-state index contributed by atoms with van der Waals surface area (Å²) in [5.74, 6) is 0.527. The summed E-state index contributed by atoms with van der Waals surface area (Å²) in [5.41, 5.74) is 0. The van der Waals surface area contributed by atoms with Crippen molar-refractivity contribution in [3.05, 3.63) is 0 Å². The Balaban J connectivity index is 2.73. The largest absolute Gasteiger partial charge is 0.320 e. The quantitative estimate of drug-likeness (QED) is 0.627. The highest BCUT2D eigenvalue weighted by Gasteiger charge is 2.34. The minimum absolute atomic E-state index is 0.209. The van der Waals surface area contributed by atoms with E-state index in [1.54, 1.807) is 11.4 Å². The van der Waals surface area contributed by atoms with Crippen molar-refractivity contribution in [3.63, 3.8) is 0 Å². The van der Waals surface area contributed by atoms with E-state index in [-0.39, 0.29) is 6.04 Å². The van der Waals surface area contributed by atoms with Crippen molar-refractivity contribution in [2.45, 2.75) is 58.4 Å². The third-order valence-corrected chi connectivity index (χ3v) is 6.29. The summed E-state index contributed by atoms with van der Waals surface area (Å²) >= 11 is 0. The average Bonchev–Trinajstić information content (AvgIpc) is 2.92. The predicted octanol–water partition coefficient (Wildman–Crippen LogP) is 2.06. The molecule has 5 nitrogen and oxygen atoms in total. The summed E-state index contributed by atoms with van der Waals surface area (Å²) in [4.78, 5) is 0. The second-order valence-corrected chi connectivity index (χ2v) is 8.51. The van der Waals surface area contributed by atoms with E-state index >= 15 is 0 Å². The summed E-state index contributed by atoms with van der Waals surface area (Å²) in [6, 6.07) is 0.209. The maximum Gasteiger partial charge on any atom is 0.281 e. The van der Waals surface area contributed by atoms with E-state index < -0.39 is 10.2 Å². The summed E-state index contributed by atoms with van der Waals surface area (Å²) in [5, 5.41) is 3.06. The predicted molar refractivity (Wildman–Crippen MR) is 88.5 cm³/mol. The van der Waals surface area contributed by atoms with E-state index in [0.29, 0.717) is 19.0 Å². The van der Waals surface area contributed by atoms with Gasteiger partial charge in [-0.05, 0) is 45.2 Å². The van der Waals surface area contributed by atoms with Gasteiger partial charge in [0.2, 0.25) is 0 Å². The normalized spacial score (nSPS) is 17.5. The fourth-order valence-corrected chi connectivity index (χ4v) is 4.48. The number of rotatable bonds is 10. The molecule has 1 aliphatic rings. The summed E-state index contributed by atoms with van der Waals surface area (Å²) in [6.45, 7) is 6.37. The molecule has 0 aromatic rings. The van der Waals surface area contributed by atoms with Crippen LogP contribution in [0, 0.1) is 5.92 Å². The first-order valence-corrected chi connectivity index (χ1v) is 9.67.